The molecule has 0 bridgehead atoms. The van der Waals surface area contributed by atoms with E-state index in [2.05, 4.69) is 21.1 Å². The molecule has 1 saturated heterocycles. The predicted molar refractivity (Wildman–Crippen MR) is 106 cm³/mol. The normalized spacial score (nSPS) is 14.9. The van der Waals surface area contributed by atoms with Crippen LogP contribution in [0, 0.1) is 0 Å². The van der Waals surface area contributed by atoms with Gasteiger partial charge in [-0.3, -0.25) is 9.69 Å². The Morgan fingerprint density at radius 1 is 1.25 bits per heavy atom. The van der Waals surface area contributed by atoms with Crippen molar-refractivity contribution >= 4 is 17.2 Å². The van der Waals surface area contributed by atoms with Crippen molar-refractivity contribution in [3.8, 4) is 10.7 Å². The molecule has 8 heteroatoms. The molecule has 3 heterocycles. The molecule has 1 amide bonds. The van der Waals surface area contributed by atoms with Crippen LogP contribution in [0.3, 0.4) is 0 Å². The smallest absolute Gasteiger partial charge is 0.254 e. The third-order valence-corrected chi connectivity index (χ3v) is 5.48. The first-order valence-corrected chi connectivity index (χ1v) is 10.1. The Labute approximate surface area is 167 Å². The van der Waals surface area contributed by atoms with E-state index >= 15 is 0 Å². The summed E-state index contributed by atoms with van der Waals surface area (Å²) in [4.78, 5) is 22.1. The summed E-state index contributed by atoms with van der Waals surface area (Å²) in [6.45, 7) is 4.45. The molecule has 2 aromatic heterocycles. The van der Waals surface area contributed by atoms with E-state index in [1.165, 1.54) is 0 Å². The standard InChI is InChI=1S/C20H22N4O3S/c1-23(14-18-21-19(22-27-18)17-6-3-11-28-17)20(25)16-5-2-4-15(12-16)13-24-7-9-26-10-8-24/h2-6,11-12H,7-10,13-14H2,1H3. The van der Waals surface area contributed by atoms with Gasteiger partial charge < -0.3 is 14.2 Å². The average Bonchev–Trinajstić information content (AvgIpc) is 3.40. The van der Waals surface area contributed by atoms with Crippen LogP contribution in [-0.4, -0.2) is 59.2 Å². The first-order chi connectivity index (χ1) is 13.7. The van der Waals surface area contributed by atoms with Crippen LogP contribution < -0.4 is 0 Å². The van der Waals surface area contributed by atoms with Gasteiger partial charge in [0.25, 0.3) is 5.91 Å². The second-order valence-corrected chi connectivity index (χ2v) is 7.69. The second kappa shape index (κ2) is 8.64. The molecule has 1 aliphatic rings. The highest BCUT2D eigenvalue weighted by Crippen LogP contribution is 2.21. The Morgan fingerprint density at radius 2 is 2.11 bits per heavy atom. The molecule has 0 atom stereocenters. The first kappa shape index (κ1) is 18.8. The minimum absolute atomic E-state index is 0.0697. The maximum atomic E-state index is 12.8. The highest BCUT2D eigenvalue weighted by Gasteiger charge is 2.17. The molecular weight excluding hydrogens is 376 g/mol. The summed E-state index contributed by atoms with van der Waals surface area (Å²) in [5.41, 5.74) is 1.78. The van der Waals surface area contributed by atoms with E-state index < -0.39 is 0 Å². The lowest BCUT2D eigenvalue weighted by atomic mass is 10.1. The first-order valence-electron chi connectivity index (χ1n) is 9.20. The van der Waals surface area contributed by atoms with Crippen LogP contribution in [0.25, 0.3) is 10.7 Å². The van der Waals surface area contributed by atoms with Crippen LogP contribution in [0.4, 0.5) is 0 Å². The number of carbonyl (C=O) groups is 1. The second-order valence-electron chi connectivity index (χ2n) is 6.74. The molecule has 0 radical (unpaired) electrons. The highest BCUT2D eigenvalue weighted by molar-refractivity contribution is 7.13. The quantitative estimate of drug-likeness (QED) is 0.636. The fourth-order valence-corrected chi connectivity index (χ4v) is 3.79. The predicted octanol–water partition coefficient (Wildman–Crippen LogP) is 2.90. The van der Waals surface area contributed by atoms with E-state index in [9.17, 15) is 4.79 Å². The van der Waals surface area contributed by atoms with Crippen molar-refractivity contribution in [3.05, 3.63) is 58.8 Å². The summed E-state index contributed by atoms with van der Waals surface area (Å²) in [5.74, 6) is 0.904. The van der Waals surface area contributed by atoms with Crippen molar-refractivity contribution in [2.75, 3.05) is 33.4 Å². The number of aromatic nitrogens is 2. The number of hydrogen-bond acceptors (Lipinski definition) is 7. The van der Waals surface area contributed by atoms with E-state index in [0.29, 0.717) is 17.3 Å². The molecule has 0 saturated carbocycles. The molecule has 1 fully saturated rings. The summed E-state index contributed by atoms with van der Waals surface area (Å²) in [6.07, 6.45) is 0. The van der Waals surface area contributed by atoms with E-state index in [1.54, 1.807) is 23.3 Å². The number of rotatable bonds is 6. The van der Waals surface area contributed by atoms with Crippen molar-refractivity contribution in [3.63, 3.8) is 0 Å². The van der Waals surface area contributed by atoms with Crippen molar-refractivity contribution in [2.45, 2.75) is 13.1 Å². The van der Waals surface area contributed by atoms with Crippen molar-refractivity contribution in [2.24, 2.45) is 0 Å². The summed E-state index contributed by atoms with van der Waals surface area (Å²) >= 11 is 1.55. The Kier molecular flexibility index (Phi) is 5.80. The molecule has 7 nitrogen and oxygen atoms in total. The molecule has 0 spiro atoms. The van der Waals surface area contributed by atoms with Crippen LogP contribution in [-0.2, 0) is 17.8 Å². The number of nitrogens with zero attached hydrogens (tertiary/aromatic N) is 4. The van der Waals surface area contributed by atoms with Gasteiger partial charge in [0.05, 0.1) is 24.6 Å². The monoisotopic (exact) mass is 398 g/mol. The molecule has 0 N–H and O–H groups in total. The lowest BCUT2D eigenvalue weighted by Gasteiger charge is -2.26. The molecule has 4 rings (SSSR count). The van der Waals surface area contributed by atoms with Gasteiger partial charge in [-0.05, 0) is 29.1 Å². The van der Waals surface area contributed by atoms with Gasteiger partial charge >= 0.3 is 0 Å². The number of carbonyl (C=O) groups excluding carboxylic acids is 1. The van der Waals surface area contributed by atoms with Crippen molar-refractivity contribution in [1.82, 2.24) is 19.9 Å². The van der Waals surface area contributed by atoms with Crippen LogP contribution >= 0.6 is 11.3 Å². The number of ether oxygens (including phenoxy) is 1. The number of benzene rings is 1. The molecule has 28 heavy (non-hydrogen) atoms. The summed E-state index contributed by atoms with van der Waals surface area (Å²) in [5, 5.41) is 5.96. The zero-order valence-corrected chi connectivity index (χ0v) is 16.5. The van der Waals surface area contributed by atoms with Crippen molar-refractivity contribution in [1.29, 1.82) is 0 Å². The van der Waals surface area contributed by atoms with Crippen LogP contribution in [0.1, 0.15) is 21.8 Å². The Morgan fingerprint density at radius 3 is 2.89 bits per heavy atom. The van der Waals surface area contributed by atoms with Crippen molar-refractivity contribution < 1.29 is 14.1 Å². The molecule has 0 unspecified atom stereocenters. The lowest BCUT2D eigenvalue weighted by Crippen LogP contribution is -2.35. The van der Waals surface area contributed by atoms with Gasteiger partial charge in [0.15, 0.2) is 0 Å². The van der Waals surface area contributed by atoms with Gasteiger partial charge in [-0.2, -0.15) is 4.98 Å². The molecular formula is C20H22N4O3S. The minimum Gasteiger partial charge on any atom is -0.379 e. The fourth-order valence-electron chi connectivity index (χ4n) is 3.14. The van der Waals surface area contributed by atoms with E-state index in [-0.39, 0.29) is 12.5 Å². The van der Waals surface area contributed by atoms with Gasteiger partial charge in [0, 0.05) is 32.2 Å². The van der Waals surface area contributed by atoms with Crippen LogP contribution in [0.15, 0.2) is 46.3 Å². The lowest BCUT2D eigenvalue weighted by molar-refractivity contribution is 0.0341. The number of amides is 1. The Bertz CT molecular complexity index is 919. The Hall–Kier alpha value is -2.55. The topological polar surface area (TPSA) is 71.7 Å². The molecule has 3 aromatic rings. The molecule has 146 valence electrons. The van der Waals surface area contributed by atoms with E-state index in [0.717, 1.165) is 43.3 Å². The number of morpholine rings is 1. The maximum Gasteiger partial charge on any atom is 0.254 e. The third-order valence-electron chi connectivity index (χ3n) is 4.61. The molecule has 1 aromatic carbocycles. The van der Waals surface area contributed by atoms with Crippen LogP contribution in [0.5, 0.6) is 0 Å². The zero-order chi connectivity index (χ0) is 19.3. The van der Waals surface area contributed by atoms with Gasteiger partial charge in [0.2, 0.25) is 11.7 Å². The van der Waals surface area contributed by atoms with E-state index in [4.69, 9.17) is 9.26 Å². The minimum atomic E-state index is -0.0697. The maximum absolute atomic E-state index is 12.8. The molecule has 1 aliphatic heterocycles. The Balaban J connectivity index is 1.40. The van der Waals surface area contributed by atoms with E-state index in [1.807, 2.05) is 35.7 Å². The average molecular weight is 398 g/mol. The van der Waals surface area contributed by atoms with Gasteiger partial charge in [-0.1, -0.05) is 23.4 Å². The van der Waals surface area contributed by atoms with Gasteiger partial charge in [-0.15, -0.1) is 11.3 Å². The van der Waals surface area contributed by atoms with Gasteiger partial charge in [0.1, 0.15) is 0 Å². The summed E-state index contributed by atoms with van der Waals surface area (Å²) in [7, 11) is 1.74. The number of thiophene rings is 1. The highest BCUT2D eigenvalue weighted by atomic mass is 32.1. The largest absolute Gasteiger partial charge is 0.379 e. The zero-order valence-electron chi connectivity index (χ0n) is 15.7. The third kappa shape index (κ3) is 4.46. The van der Waals surface area contributed by atoms with Gasteiger partial charge in [-0.25, -0.2) is 0 Å². The fraction of sp³-hybridized carbons (Fsp3) is 0.350. The van der Waals surface area contributed by atoms with Crippen LogP contribution in [0.2, 0.25) is 0 Å². The summed E-state index contributed by atoms with van der Waals surface area (Å²) in [6, 6.07) is 11.7. The number of hydrogen-bond donors (Lipinski definition) is 0. The molecule has 0 aliphatic carbocycles. The SMILES string of the molecule is CN(Cc1nc(-c2cccs2)no1)C(=O)c1cccc(CN2CCOCC2)c1. The summed E-state index contributed by atoms with van der Waals surface area (Å²) < 4.78 is 10.7.